The summed E-state index contributed by atoms with van der Waals surface area (Å²) >= 11 is 3.76. The molecule has 0 radical (unpaired) electrons. The Morgan fingerprint density at radius 2 is 2.00 bits per heavy atom. The molecule has 1 heterocycles. The van der Waals surface area contributed by atoms with Crippen LogP contribution >= 0.6 is 15.9 Å². The number of nitrogens with one attached hydrogen (secondary N) is 1. The first kappa shape index (κ1) is 16.8. The van der Waals surface area contributed by atoms with E-state index in [2.05, 4.69) is 70.3 Å². The van der Waals surface area contributed by atoms with Crippen LogP contribution in [0.5, 0.6) is 0 Å². The summed E-state index contributed by atoms with van der Waals surface area (Å²) in [6.45, 7) is 5.73. The Balaban J connectivity index is 2.00. The third-order valence-electron chi connectivity index (χ3n) is 4.48. The number of rotatable bonds is 5. The summed E-state index contributed by atoms with van der Waals surface area (Å²) in [5, 5.41) is 3.29. The first-order valence-corrected chi connectivity index (χ1v) is 8.67. The van der Waals surface area contributed by atoms with Gasteiger partial charge in [0, 0.05) is 30.1 Å². The Morgan fingerprint density at radius 3 is 2.52 bits per heavy atom. The molecule has 1 saturated heterocycles. The molecule has 1 aromatic rings. The Bertz CT molecular complexity index is 453. The molecule has 1 aliphatic rings. The van der Waals surface area contributed by atoms with Gasteiger partial charge in [0.2, 0.25) is 0 Å². The maximum atomic E-state index is 3.76. The van der Waals surface area contributed by atoms with Gasteiger partial charge >= 0.3 is 0 Å². The molecule has 1 unspecified atom stereocenters. The number of piperidine rings is 1. The summed E-state index contributed by atoms with van der Waals surface area (Å²) in [5.41, 5.74) is 2.67. The topological polar surface area (TPSA) is 18.5 Å². The lowest BCUT2D eigenvalue weighted by Gasteiger charge is -2.35. The zero-order valence-electron chi connectivity index (χ0n) is 13.7. The van der Waals surface area contributed by atoms with Crippen molar-refractivity contribution in [3.8, 4) is 0 Å². The van der Waals surface area contributed by atoms with Gasteiger partial charge in [-0.05, 0) is 80.5 Å². The number of benzene rings is 1. The fourth-order valence-corrected chi connectivity index (χ4v) is 3.74. The first-order chi connectivity index (χ1) is 10.0. The molecule has 0 aliphatic carbocycles. The van der Waals surface area contributed by atoms with Crippen LogP contribution in [0.2, 0.25) is 0 Å². The highest BCUT2D eigenvalue weighted by atomic mass is 79.9. The summed E-state index contributed by atoms with van der Waals surface area (Å²) in [6.07, 6.45) is 2.58. The van der Waals surface area contributed by atoms with Gasteiger partial charge in [0.25, 0.3) is 0 Å². The molecule has 118 valence electrons. The third kappa shape index (κ3) is 4.44. The van der Waals surface area contributed by atoms with Crippen molar-refractivity contribution in [3.05, 3.63) is 28.2 Å². The van der Waals surface area contributed by atoms with Crippen LogP contribution in [-0.4, -0.2) is 45.7 Å². The first-order valence-electron chi connectivity index (χ1n) is 7.87. The van der Waals surface area contributed by atoms with Crippen molar-refractivity contribution < 1.29 is 0 Å². The van der Waals surface area contributed by atoms with E-state index in [0.29, 0.717) is 6.04 Å². The SMILES string of the molecule is CNC(C)c1ccc(N2CCC(CN(C)C)CC2)c(Br)c1. The molecule has 4 heteroatoms. The molecule has 1 N–H and O–H groups in total. The van der Waals surface area contributed by atoms with E-state index in [0.717, 1.165) is 19.0 Å². The Hall–Kier alpha value is -0.580. The second-order valence-corrected chi connectivity index (χ2v) is 7.27. The number of hydrogen-bond donors (Lipinski definition) is 1. The van der Waals surface area contributed by atoms with Crippen LogP contribution in [0.1, 0.15) is 31.4 Å². The maximum Gasteiger partial charge on any atom is 0.0510 e. The van der Waals surface area contributed by atoms with Gasteiger partial charge < -0.3 is 15.1 Å². The van der Waals surface area contributed by atoms with Crippen LogP contribution < -0.4 is 10.2 Å². The fraction of sp³-hybridized carbons (Fsp3) is 0.647. The Labute approximate surface area is 137 Å². The van der Waals surface area contributed by atoms with Crippen molar-refractivity contribution in [3.63, 3.8) is 0 Å². The van der Waals surface area contributed by atoms with Crippen molar-refractivity contribution in [1.82, 2.24) is 10.2 Å². The van der Waals surface area contributed by atoms with E-state index in [1.165, 1.54) is 35.1 Å². The second-order valence-electron chi connectivity index (χ2n) is 6.41. The molecule has 0 amide bonds. The largest absolute Gasteiger partial charge is 0.371 e. The zero-order valence-corrected chi connectivity index (χ0v) is 15.3. The molecule has 1 fully saturated rings. The van der Waals surface area contributed by atoms with Crippen LogP contribution in [0.15, 0.2) is 22.7 Å². The van der Waals surface area contributed by atoms with Crippen molar-refractivity contribution >= 4 is 21.6 Å². The van der Waals surface area contributed by atoms with E-state index in [1.807, 2.05) is 7.05 Å². The number of hydrogen-bond acceptors (Lipinski definition) is 3. The molecular weight excluding hydrogens is 326 g/mol. The zero-order chi connectivity index (χ0) is 15.4. The van der Waals surface area contributed by atoms with Crippen LogP contribution in [0.4, 0.5) is 5.69 Å². The molecule has 0 bridgehead atoms. The summed E-state index contributed by atoms with van der Waals surface area (Å²) in [6, 6.07) is 7.15. The molecule has 1 aromatic carbocycles. The van der Waals surface area contributed by atoms with Gasteiger partial charge in [-0.15, -0.1) is 0 Å². The standard InChI is InChI=1S/C17H28BrN3/c1-13(19-2)15-5-6-17(16(18)11-15)21-9-7-14(8-10-21)12-20(3)4/h5-6,11,13-14,19H,7-10,12H2,1-4H3. The van der Waals surface area contributed by atoms with E-state index >= 15 is 0 Å². The molecule has 0 aromatic heterocycles. The van der Waals surface area contributed by atoms with Gasteiger partial charge in [-0.1, -0.05) is 6.07 Å². The van der Waals surface area contributed by atoms with Gasteiger partial charge in [0.1, 0.15) is 0 Å². The Kier molecular flexibility index (Phi) is 6.08. The Morgan fingerprint density at radius 1 is 1.33 bits per heavy atom. The van der Waals surface area contributed by atoms with Crippen molar-refractivity contribution in [2.75, 3.05) is 45.7 Å². The molecule has 0 spiro atoms. The number of anilines is 1. The monoisotopic (exact) mass is 353 g/mol. The van der Waals surface area contributed by atoms with Crippen LogP contribution in [-0.2, 0) is 0 Å². The predicted octanol–water partition coefficient (Wildman–Crippen LogP) is 3.51. The third-order valence-corrected chi connectivity index (χ3v) is 5.12. The van der Waals surface area contributed by atoms with E-state index in [9.17, 15) is 0 Å². The van der Waals surface area contributed by atoms with Gasteiger partial charge in [-0.25, -0.2) is 0 Å². The van der Waals surface area contributed by atoms with E-state index < -0.39 is 0 Å². The quantitative estimate of drug-likeness (QED) is 0.873. The molecule has 2 rings (SSSR count). The fourth-order valence-electron chi connectivity index (χ4n) is 3.09. The normalized spacial score (nSPS) is 18.3. The molecule has 1 atom stereocenters. The average molecular weight is 354 g/mol. The smallest absolute Gasteiger partial charge is 0.0510 e. The van der Waals surface area contributed by atoms with Crippen LogP contribution in [0.25, 0.3) is 0 Å². The van der Waals surface area contributed by atoms with Gasteiger partial charge in [0.05, 0.1) is 5.69 Å². The van der Waals surface area contributed by atoms with E-state index in [1.54, 1.807) is 0 Å². The lowest BCUT2D eigenvalue weighted by atomic mass is 9.96. The molecule has 0 saturated carbocycles. The number of nitrogens with zero attached hydrogens (tertiary/aromatic N) is 2. The minimum Gasteiger partial charge on any atom is -0.371 e. The second kappa shape index (κ2) is 7.61. The minimum atomic E-state index is 0.390. The summed E-state index contributed by atoms with van der Waals surface area (Å²) in [5.74, 6) is 0.846. The van der Waals surface area contributed by atoms with Gasteiger partial charge in [-0.2, -0.15) is 0 Å². The lowest BCUT2D eigenvalue weighted by Crippen LogP contribution is -2.37. The highest BCUT2D eigenvalue weighted by molar-refractivity contribution is 9.10. The van der Waals surface area contributed by atoms with Crippen molar-refractivity contribution in [2.45, 2.75) is 25.8 Å². The van der Waals surface area contributed by atoms with Crippen molar-refractivity contribution in [1.29, 1.82) is 0 Å². The molecule has 3 nitrogen and oxygen atoms in total. The molecule has 21 heavy (non-hydrogen) atoms. The highest BCUT2D eigenvalue weighted by Crippen LogP contribution is 2.32. The predicted molar refractivity (Wildman–Crippen MR) is 95.1 cm³/mol. The minimum absolute atomic E-state index is 0.390. The number of halogens is 1. The molecule has 1 aliphatic heterocycles. The summed E-state index contributed by atoms with van der Waals surface area (Å²) in [4.78, 5) is 4.83. The maximum absolute atomic E-state index is 3.76. The van der Waals surface area contributed by atoms with Crippen LogP contribution in [0, 0.1) is 5.92 Å². The average Bonchev–Trinajstić information content (AvgIpc) is 2.47. The summed E-state index contributed by atoms with van der Waals surface area (Å²) < 4.78 is 1.22. The van der Waals surface area contributed by atoms with E-state index in [4.69, 9.17) is 0 Å². The van der Waals surface area contributed by atoms with Crippen molar-refractivity contribution in [2.24, 2.45) is 5.92 Å². The van der Waals surface area contributed by atoms with Gasteiger partial charge in [-0.3, -0.25) is 0 Å². The van der Waals surface area contributed by atoms with E-state index in [-0.39, 0.29) is 0 Å². The lowest BCUT2D eigenvalue weighted by molar-refractivity contribution is 0.285. The van der Waals surface area contributed by atoms with Gasteiger partial charge in [0.15, 0.2) is 0 Å². The molecular formula is C17H28BrN3. The summed E-state index contributed by atoms with van der Waals surface area (Å²) in [7, 11) is 6.34. The highest BCUT2D eigenvalue weighted by Gasteiger charge is 2.21. The van der Waals surface area contributed by atoms with Crippen LogP contribution in [0.3, 0.4) is 0 Å².